The quantitative estimate of drug-likeness (QED) is 0.815. The molecular weight excluding hydrogens is 302 g/mol. The Morgan fingerprint density at radius 1 is 1.45 bits per heavy atom. The van der Waals surface area contributed by atoms with E-state index >= 15 is 0 Å². The van der Waals surface area contributed by atoms with Crippen LogP contribution >= 0.6 is 11.3 Å². The molecular formula is C14H19N5O2S. The van der Waals surface area contributed by atoms with Crippen LogP contribution in [0, 0.1) is 0 Å². The molecule has 1 N–H and O–H groups in total. The zero-order valence-corrected chi connectivity index (χ0v) is 13.7. The highest BCUT2D eigenvalue weighted by molar-refractivity contribution is 7.12. The van der Waals surface area contributed by atoms with Gasteiger partial charge in [-0.2, -0.15) is 0 Å². The van der Waals surface area contributed by atoms with Crippen LogP contribution in [0.4, 0.5) is 5.13 Å². The molecule has 8 heteroatoms. The Balaban J connectivity index is 2.27. The average molecular weight is 321 g/mol. The van der Waals surface area contributed by atoms with Gasteiger partial charge in [-0.3, -0.25) is 0 Å². The molecule has 0 amide bonds. The second kappa shape index (κ2) is 7.19. The molecule has 0 bridgehead atoms. The fourth-order valence-electron chi connectivity index (χ4n) is 1.72. The van der Waals surface area contributed by atoms with Gasteiger partial charge in [-0.25, -0.2) is 4.68 Å². The van der Waals surface area contributed by atoms with Crippen molar-refractivity contribution >= 4 is 22.2 Å². The van der Waals surface area contributed by atoms with Gasteiger partial charge in [0.05, 0.1) is 19.4 Å². The van der Waals surface area contributed by atoms with Gasteiger partial charge in [0.25, 0.3) is 0 Å². The number of nitrogens with zero attached hydrogens (tertiary/aromatic N) is 5. The van der Waals surface area contributed by atoms with Crippen LogP contribution in [0.25, 0.3) is 0 Å². The summed E-state index contributed by atoms with van der Waals surface area (Å²) in [4.78, 5) is 2.53. The summed E-state index contributed by atoms with van der Waals surface area (Å²) in [5.74, 6) is 0.675. The van der Waals surface area contributed by atoms with Crippen LogP contribution in [0.5, 0.6) is 0 Å². The third kappa shape index (κ3) is 3.71. The Labute approximate surface area is 132 Å². The van der Waals surface area contributed by atoms with E-state index in [1.807, 2.05) is 24.1 Å². The van der Waals surface area contributed by atoms with Crippen molar-refractivity contribution in [2.75, 3.05) is 32.2 Å². The molecule has 0 atom stereocenters. The first-order chi connectivity index (χ1) is 10.5. The Morgan fingerprint density at radius 3 is 2.91 bits per heavy atom. The molecule has 0 aromatic carbocycles. The summed E-state index contributed by atoms with van der Waals surface area (Å²) in [6.07, 6.45) is 5.44. The van der Waals surface area contributed by atoms with E-state index in [1.165, 1.54) is 11.3 Å². The maximum absolute atomic E-state index is 8.97. The van der Waals surface area contributed by atoms with Crippen molar-refractivity contribution < 1.29 is 9.84 Å². The summed E-state index contributed by atoms with van der Waals surface area (Å²) in [6, 6.07) is 0. The van der Waals surface area contributed by atoms with Gasteiger partial charge < -0.3 is 14.7 Å². The van der Waals surface area contributed by atoms with Gasteiger partial charge in [0.15, 0.2) is 0 Å². The van der Waals surface area contributed by atoms with Crippen molar-refractivity contribution in [2.45, 2.75) is 0 Å². The molecule has 0 radical (unpaired) electrons. The number of likely N-dealkylation sites (N-methyl/N-ethyl adjacent to an activating group) is 1. The molecule has 118 valence electrons. The number of anilines is 1. The van der Waals surface area contributed by atoms with E-state index in [0.29, 0.717) is 22.8 Å². The van der Waals surface area contributed by atoms with Crippen molar-refractivity contribution in [3.63, 3.8) is 0 Å². The lowest BCUT2D eigenvalue weighted by atomic mass is 10.1. The molecule has 7 nitrogen and oxygen atoms in total. The Bertz CT molecular complexity index is 711. The molecule has 0 aliphatic heterocycles. The Morgan fingerprint density at radius 2 is 2.23 bits per heavy atom. The lowest BCUT2D eigenvalue weighted by molar-refractivity contribution is 0.303. The highest BCUT2D eigenvalue weighted by Gasteiger charge is 2.08. The van der Waals surface area contributed by atoms with Gasteiger partial charge in [-0.05, 0) is 12.2 Å². The first-order valence-electron chi connectivity index (χ1n) is 6.66. The predicted molar refractivity (Wildman–Crippen MR) is 87.8 cm³/mol. The summed E-state index contributed by atoms with van der Waals surface area (Å²) in [5.41, 5.74) is 1.49. The molecule has 0 saturated carbocycles. The first-order valence-corrected chi connectivity index (χ1v) is 7.47. The van der Waals surface area contributed by atoms with Crippen molar-refractivity contribution in [3.05, 3.63) is 40.9 Å². The molecule has 1 aromatic rings. The third-order valence-corrected chi connectivity index (χ3v) is 4.08. The number of hydrogen-bond donors (Lipinski definition) is 1. The summed E-state index contributed by atoms with van der Waals surface area (Å²) < 4.78 is 6.87. The van der Waals surface area contributed by atoms with Crippen LogP contribution in [-0.2, 0) is 11.8 Å². The van der Waals surface area contributed by atoms with Gasteiger partial charge in [-0.15, -0.1) is 15.3 Å². The van der Waals surface area contributed by atoms with Gasteiger partial charge in [0.1, 0.15) is 5.76 Å². The molecule has 0 fully saturated rings. The number of rotatable bonds is 5. The standard InChI is InChI=1S/C14H19N5O2S/c1-10-5-6-11(9-12(10)21-4)15-16-13-19(3)17-14(22-13)18(2)7-8-20/h5-6,9,20H,1,7-8H2,2-4H3/b15-11?,16-13+. The normalized spacial score (nSPS) is 17.1. The number of aliphatic hydroxyl groups is 1. The van der Waals surface area contributed by atoms with Gasteiger partial charge in [0, 0.05) is 32.3 Å². The smallest absolute Gasteiger partial charge is 0.230 e. The minimum atomic E-state index is 0.0772. The lowest BCUT2D eigenvalue weighted by Crippen LogP contribution is -2.21. The molecule has 1 aromatic heterocycles. The highest BCUT2D eigenvalue weighted by atomic mass is 32.1. The van der Waals surface area contributed by atoms with E-state index in [0.717, 1.165) is 10.7 Å². The van der Waals surface area contributed by atoms with Crippen molar-refractivity contribution in [1.82, 2.24) is 9.78 Å². The molecule has 0 unspecified atom stereocenters. The molecule has 2 rings (SSSR count). The number of ether oxygens (including phenoxy) is 1. The van der Waals surface area contributed by atoms with E-state index < -0.39 is 0 Å². The zero-order valence-electron chi connectivity index (χ0n) is 12.9. The molecule has 0 spiro atoms. The van der Waals surface area contributed by atoms with Crippen LogP contribution in [0.15, 0.2) is 46.3 Å². The van der Waals surface area contributed by atoms with Gasteiger partial charge in [0.2, 0.25) is 9.93 Å². The second-order valence-corrected chi connectivity index (χ2v) is 5.57. The van der Waals surface area contributed by atoms with Crippen LogP contribution in [0.3, 0.4) is 0 Å². The SMILES string of the molecule is C=C1C=CC(=N/N=c2/sc(N(C)CCO)nn2C)C=C1OC. The number of aliphatic hydroxyl groups excluding tert-OH is 1. The summed E-state index contributed by atoms with van der Waals surface area (Å²) in [7, 11) is 5.27. The van der Waals surface area contributed by atoms with Crippen LogP contribution in [0.2, 0.25) is 0 Å². The number of allylic oxidation sites excluding steroid dienone is 3. The number of aryl methyl sites for hydroxylation is 1. The summed E-state index contributed by atoms with van der Waals surface area (Å²) in [5, 5.41) is 22.5. The van der Waals surface area contributed by atoms with E-state index in [-0.39, 0.29) is 6.61 Å². The average Bonchev–Trinajstić information content (AvgIpc) is 2.88. The largest absolute Gasteiger partial charge is 0.496 e. The predicted octanol–water partition coefficient (Wildman–Crippen LogP) is 0.823. The number of methoxy groups -OCH3 is 1. The maximum atomic E-state index is 8.97. The Kier molecular flexibility index (Phi) is 5.29. The van der Waals surface area contributed by atoms with Gasteiger partial charge >= 0.3 is 0 Å². The topological polar surface area (TPSA) is 75.2 Å². The van der Waals surface area contributed by atoms with Crippen LogP contribution < -0.4 is 9.70 Å². The summed E-state index contributed by atoms with van der Waals surface area (Å²) >= 11 is 1.40. The minimum absolute atomic E-state index is 0.0772. The Hall–Kier alpha value is -2.19. The molecule has 1 heterocycles. The first kappa shape index (κ1) is 16.2. The molecule has 1 aliphatic rings. The van der Waals surface area contributed by atoms with E-state index in [9.17, 15) is 0 Å². The lowest BCUT2D eigenvalue weighted by Gasteiger charge is -2.11. The number of hydrogen-bond acceptors (Lipinski definition) is 7. The fraction of sp³-hybridized carbons (Fsp3) is 0.357. The van der Waals surface area contributed by atoms with E-state index in [1.54, 1.807) is 24.9 Å². The minimum Gasteiger partial charge on any atom is -0.496 e. The maximum Gasteiger partial charge on any atom is 0.230 e. The fourth-order valence-corrected chi connectivity index (χ4v) is 2.55. The van der Waals surface area contributed by atoms with E-state index in [2.05, 4.69) is 21.9 Å². The van der Waals surface area contributed by atoms with Crippen molar-refractivity contribution in [1.29, 1.82) is 0 Å². The van der Waals surface area contributed by atoms with Crippen molar-refractivity contribution in [3.8, 4) is 0 Å². The highest BCUT2D eigenvalue weighted by Crippen LogP contribution is 2.15. The third-order valence-electron chi connectivity index (χ3n) is 2.98. The zero-order chi connectivity index (χ0) is 16.1. The van der Waals surface area contributed by atoms with Gasteiger partial charge in [-0.1, -0.05) is 17.9 Å². The van der Waals surface area contributed by atoms with Crippen LogP contribution in [0.1, 0.15) is 0 Å². The molecule has 22 heavy (non-hydrogen) atoms. The molecule has 1 aliphatic carbocycles. The molecule has 0 saturated heterocycles. The summed E-state index contributed by atoms with van der Waals surface area (Å²) in [6.45, 7) is 4.47. The number of aromatic nitrogens is 2. The monoisotopic (exact) mass is 321 g/mol. The second-order valence-electron chi connectivity index (χ2n) is 4.63. The van der Waals surface area contributed by atoms with Crippen molar-refractivity contribution in [2.24, 2.45) is 17.3 Å². The van der Waals surface area contributed by atoms with Crippen LogP contribution in [-0.4, -0.2) is 47.9 Å². The van der Waals surface area contributed by atoms with E-state index in [4.69, 9.17) is 9.84 Å².